The van der Waals surface area contributed by atoms with Gasteiger partial charge in [0.05, 0.1) is 5.92 Å². The van der Waals surface area contributed by atoms with Gasteiger partial charge in [0.2, 0.25) is 11.8 Å². The number of hydrogen-bond donors (Lipinski definition) is 2. The summed E-state index contributed by atoms with van der Waals surface area (Å²) in [7, 11) is 0. The van der Waals surface area contributed by atoms with Crippen LogP contribution in [0.25, 0.3) is 0 Å². The van der Waals surface area contributed by atoms with E-state index in [1.54, 1.807) is 0 Å². The third kappa shape index (κ3) is 3.02. The molecule has 0 aliphatic carbocycles. The third-order valence-electron chi connectivity index (χ3n) is 3.84. The average molecular weight is 253 g/mol. The van der Waals surface area contributed by atoms with E-state index in [0.717, 1.165) is 32.5 Å². The van der Waals surface area contributed by atoms with Crippen molar-refractivity contribution in [3.8, 4) is 0 Å². The molecule has 18 heavy (non-hydrogen) atoms. The first-order chi connectivity index (χ1) is 8.72. The van der Waals surface area contributed by atoms with Gasteiger partial charge in [-0.2, -0.15) is 0 Å². The van der Waals surface area contributed by atoms with Gasteiger partial charge in [-0.3, -0.25) is 9.59 Å². The lowest BCUT2D eigenvalue weighted by molar-refractivity contribution is -0.139. The van der Waals surface area contributed by atoms with E-state index in [9.17, 15) is 9.59 Å². The Morgan fingerprint density at radius 1 is 1.39 bits per heavy atom. The van der Waals surface area contributed by atoms with Gasteiger partial charge in [0, 0.05) is 32.1 Å². The second-order valence-corrected chi connectivity index (χ2v) is 5.22. The Labute approximate surface area is 108 Å². The molecular formula is C13H23N3O2. The van der Waals surface area contributed by atoms with E-state index in [1.165, 1.54) is 0 Å². The van der Waals surface area contributed by atoms with Gasteiger partial charge in [-0.1, -0.05) is 6.92 Å². The molecule has 2 saturated heterocycles. The fourth-order valence-electron chi connectivity index (χ4n) is 2.80. The van der Waals surface area contributed by atoms with E-state index in [0.29, 0.717) is 25.4 Å². The molecule has 5 nitrogen and oxygen atoms in total. The maximum Gasteiger partial charge on any atom is 0.227 e. The SMILES string of the molecule is CCCN(C(=O)C1CCC(=O)NC1)C1CCNC1. The third-order valence-corrected chi connectivity index (χ3v) is 3.84. The summed E-state index contributed by atoms with van der Waals surface area (Å²) in [5.74, 6) is 0.282. The van der Waals surface area contributed by atoms with Crippen molar-refractivity contribution >= 4 is 11.8 Å². The normalized spacial score (nSPS) is 27.9. The van der Waals surface area contributed by atoms with Crippen molar-refractivity contribution in [3.63, 3.8) is 0 Å². The Balaban J connectivity index is 1.96. The number of nitrogens with one attached hydrogen (secondary N) is 2. The molecule has 2 N–H and O–H groups in total. The Kier molecular flexibility index (Phi) is 4.58. The molecule has 0 aromatic carbocycles. The lowest BCUT2D eigenvalue weighted by Gasteiger charge is -2.33. The lowest BCUT2D eigenvalue weighted by Crippen LogP contribution is -2.49. The molecule has 2 aliphatic rings. The van der Waals surface area contributed by atoms with E-state index >= 15 is 0 Å². The first-order valence-electron chi connectivity index (χ1n) is 7.00. The first-order valence-corrected chi connectivity index (χ1v) is 7.00. The zero-order chi connectivity index (χ0) is 13.0. The number of nitrogens with zero attached hydrogens (tertiary/aromatic N) is 1. The Morgan fingerprint density at radius 3 is 2.78 bits per heavy atom. The van der Waals surface area contributed by atoms with E-state index in [2.05, 4.69) is 17.6 Å². The topological polar surface area (TPSA) is 61.4 Å². The van der Waals surface area contributed by atoms with Crippen LogP contribution in [-0.2, 0) is 9.59 Å². The fourth-order valence-corrected chi connectivity index (χ4v) is 2.80. The molecule has 0 spiro atoms. The van der Waals surface area contributed by atoms with Gasteiger partial charge in [0.1, 0.15) is 0 Å². The fraction of sp³-hybridized carbons (Fsp3) is 0.846. The second kappa shape index (κ2) is 6.18. The zero-order valence-corrected chi connectivity index (χ0v) is 11.1. The van der Waals surface area contributed by atoms with Gasteiger partial charge < -0.3 is 15.5 Å². The van der Waals surface area contributed by atoms with Gasteiger partial charge >= 0.3 is 0 Å². The smallest absolute Gasteiger partial charge is 0.227 e. The van der Waals surface area contributed by atoms with Gasteiger partial charge in [-0.05, 0) is 25.8 Å². The van der Waals surface area contributed by atoms with E-state index < -0.39 is 0 Å². The van der Waals surface area contributed by atoms with Crippen LogP contribution in [0.1, 0.15) is 32.6 Å². The van der Waals surface area contributed by atoms with E-state index in [1.807, 2.05) is 4.90 Å². The molecule has 0 aromatic rings. The molecule has 0 saturated carbocycles. The zero-order valence-electron chi connectivity index (χ0n) is 11.1. The Bertz CT molecular complexity index is 303. The van der Waals surface area contributed by atoms with Crippen LogP contribution in [0.4, 0.5) is 0 Å². The van der Waals surface area contributed by atoms with Crippen molar-refractivity contribution in [2.45, 2.75) is 38.6 Å². The monoisotopic (exact) mass is 253 g/mol. The summed E-state index contributed by atoms with van der Waals surface area (Å²) in [6.07, 6.45) is 3.22. The molecule has 0 bridgehead atoms. The predicted molar refractivity (Wildman–Crippen MR) is 69.0 cm³/mol. The van der Waals surface area contributed by atoms with Crippen LogP contribution in [0.2, 0.25) is 0 Å². The highest BCUT2D eigenvalue weighted by atomic mass is 16.2. The van der Waals surface area contributed by atoms with Crippen molar-refractivity contribution in [3.05, 3.63) is 0 Å². The predicted octanol–water partition coefficient (Wildman–Crippen LogP) is 0.113. The highest BCUT2D eigenvalue weighted by Gasteiger charge is 2.32. The molecule has 2 rings (SSSR count). The molecule has 2 aliphatic heterocycles. The molecule has 2 atom stereocenters. The molecule has 2 amide bonds. The summed E-state index contributed by atoms with van der Waals surface area (Å²) in [5, 5.41) is 6.11. The van der Waals surface area contributed by atoms with E-state index in [-0.39, 0.29) is 17.7 Å². The van der Waals surface area contributed by atoms with Crippen LogP contribution in [-0.4, -0.2) is 48.9 Å². The maximum absolute atomic E-state index is 12.5. The number of carbonyl (C=O) groups is 2. The minimum atomic E-state index is -0.0187. The number of carbonyl (C=O) groups excluding carboxylic acids is 2. The molecule has 0 radical (unpaired) electrons. The second-order valence-electron chi connectivity index (χ2n) is 5.22. The van der Waals surface area contributed by atoms with Crippen LogP contribution in [0.15, 0.2) is 0 Å². The maximum atomic E-state index is 12.5. The number of hydrogen-bond acceptors (Lipinski definition) is 3. The molecule has 2 unspecified atom stereocenters. The molecular weight excluding hydrogens is 230 g/mol. The molecule has 2 fully saturated rings. The molecule has 5 heteroatoms. The van der Waals surface area contributed by atoms with Crippen molar-refractivity contribution in [2.24, 2.45) is 5.92 Å². The molecule has 2 heterocycles. The van der Waals surface area contributed by atoms with Crippen LogP contribution in [0.5, 0.6) is 0 Å². The average Bonchev–Trinajstić information content (AvgIpc) is 2.90. The number of amides is 2. The minimum absolute atomic E-state index is 0.0187. The summed E-state index contributed by atoms with van der Waals surface area (Å²) in [6, 6.07) is 0.343. The largest absolute Gasteiger partial charge is 0.355 e. The van der Waals surface area contributed by atoms with E-state index in [4.69, 9.17) is 0 Å². The Hall–Kier alpha value is -1.10. The van der Waals surface area contributed by atoms with Crippen LogP contribution in [0, 0.1) is 5.92 Å². The lowest BCUT2D eigenvalue weighted by atomic mass is 9.96. The molecule has 0 aromatic heterocycles. The standard InChI is InChI=1S/C13H23N3O2/c1-2-7-16(11-5-6-14-9-11)13(18)10-3-4-12(17)15-8-10/h10-11,14H,2-9H2,1H3,(H,15,17). The quantitative estimate of drug-likeness (QED) is 0.748. The highest BCUT2D eigenvalue weighted by Crippen LogP contribution is 2.18. The van der Waals surface area contributed by atoms with Gasteiger partial charge in [-0.15, -0.1) is 0 Å². The van der Waals surface area contributed by atoms with Gasteiger partial charge in [-0.25, -0.2) is 0 Å². The van der Waals surface area contributed by atoms with Gasteiger partial charge in [0.25, 0.3) is 0 Å². The van der Waals surface area contributed by atoms with Crippen molar-refractivity contribution < 1.29 is 9.59 Å². The first kappa shape index (κ1) is 13.3. The van der Waals surface area contributed by atoms with Crippen molar-refractivity contribution in [1.29, 1.82) is 0 Å². The van der Waals surface area contributed by atoms with Gasteiger partial charge in [0.15, 0.2) is 0 Å². The summed E-state index contributed by atoms with van der Waals surface area (Å²) in [4.78, 5) is 25.7. The van der Waals surface area contributed by atoms with Crippen LogP contribution in [0.3, 0.4) is 0 Å². The molecule has 102 valence electrons. The summed E-state index contributed by atoms with van der Waals surface area (Å²) in [6.45, 7) is 5.35. The Morgan fingerprint density at radius 2 is 2.22 bits per heavy atom. The summed E-state index contributed by atoms with van der Waals surface area (Å²) < 4.78 is 0. The van der Waals surface area contributed by atoms with Crippen LogP contribution < -0.4 is 10.6 Å². The minimum Gasteiger partial charge on any atom is -0.355 e. The van der Waals surface area contributed by atoms with Crippen molar-refractivity contribution in [1.82, 2.24) is 15.5 Å². The highest BCUT2D eigenvalue weighted by molar-refractivity contribution is 5.84. The number of piperidine rings is 1. The van der Waals surface area contributed by atoms with Crippen LogP contribution >= 0.6 is 0 Å². The summed E-state index contributed by atoms with van der Waals surface area (Å²) >= 11 is 0. The number of rotatable bonds is 4. The van der Waals surface area contributed by atoms with Crippen molar-refractivity contribution in [2.75, 3.05) is 26.2 Å². The summed E-state index contributed by atoms with van der Waals surface area (Å²) in [5.41, 5.74) is 0.